The fourth-order valence-electron chi connectivity index (χ4n) is 3.76. The maximum absolute atomic E-state index is 10.3. The monoisotopic (exact) mass is 462 g/mol. The number of halogens is 1. The van der Waals surface area contributed by atoms with Crippen molar-refractivity contribution in [1.82, 2.24) is 10.2 Å². The smallest absolute Gasteiger partial charge is 0.119 e. The predicted octanol–water partition coefficient (Wildman–Crippen LogP) is 3.19. The molecule has 3 N–H and O–H groups in total. The maximum atomic E-state index is 10.3. The molecule has 3 rings (SSSR count). The molecular weight excluding hydrogens is 428 g/mol. The summed E-state index contributed by atoms with van der Waals surface area (Å²) in [6, 6.07) is 13.7. The predicted molar refractivity (Wildman–Crippen MR) is 128 cm³/mol. The molecule has 0 unspecified atom stereocenters. The number of aliphatic hydroxyl groups excluding tert-OH is 2. The van der Waals surface area contributed by atoms with Gasteiger partial charge in [0.05, 0.1) is 0 Å². The Morgan fingerprint density at radius 3 is 2.28 bits per heavy atom. The summed E-state index contributed by atoms with van der Waals surface area (Å²) in [5.74, 6) is 1.50. The Morgan fingerprint density at radius 2 is 1.59 bits per heavy atom. The van der Waals surface area contributed by atoms with Gasteiger partial charge in [-0.25, -0.2) is 0 Å². The topological polar surface area (TPSA) is 74.2 Å². The molecule has 2 aromatic carbocycles. The van der Waals surface area contributed by atoms with Gasteiger partial charge in [-0.1, -0.05) is 29.3 Å². The van der Waals surface area contributed by atoms with E-state index in [0.29, 0.717) is 24.2 Å². The van der Waals surface area contributed by atoms with Gasteiger partial charge in [-0.15, -0.1) is 0 Å². The minimum absolute atomic E-state index is 0.256. The van der Waals surface area contributed by atoms with Crippen LogP contribution in [0.1, 0.15) is 24.0 Å². The van der Waals surface area contributed by atoms with Crippen LogP contribution < -0.4 is 14.8 Å². The largest absolute Gasteiger partial charge is 0.491 e. The second kappa shape index (κ2) is 12.4. The molecule has 0 spiro atoms. The highest BCUT2D eigenvalue weighted by Gasteiger charge is 2.21. The third-order valence-corrected chi connectivity index (χ3v) is 6.16. The van der Waals surface area contributed by atoms with E-state index in [1.807, 2.05) is 56.3 Å². The zero-order valence-electron chi connectivity index (χ0n) is 19.0. The van der Waals surface area contributed by atoms with Gasteiger partial charge in [0.2, 0.25) is 0 Å². The lowest BCUT2D eigenvalue weighted by Gasteiger charge is -2.33. The minimum atomic E-state index is -0.551. The minimum Gasteiger partial charge on any atom is -0.491 e. The van der Waals surface area contributed by atoms with Crippen LogP contribution in [0.5, 0.6) is 11.5 Å². The van der Waals surface area contributed by atoms with Gasteiger partial charge < -0.3 is 29.9 Å². The SMILES string of the molecule is Cc1ccc(OC[C@H](O)CNC2CCN(C[C@@H](O)COc3ccc(Cl)c(C)c3)CC2)cc1. The molecule has 1 saturated heterocycles. The van der Waals surface area contributed by atoms with Crippen LogP contribution in [0.4, 0.5) is 0 Å². The summed E-state index contributed by atoms with van der Waals surface area (Å²) in [4.78, 5) is 2.26. The Balaban J connectivity index is 1.28. The maximum Gasteiger partial charge on any atom is 0.119 e. The number of aryl methyl sites for hydroxylation is 2. The molecule has 0 aromatic heterocycles. The van der Waals surface area contributed by atoms with E-state index in [-0.39, 0.29) is 13.2 Å². The van der Waals surface area contributed by atoms with Crippen LogP contribution >= 0.6 is 11.6 Å². The van der Waals surface area contributed by atoms with Gasteiger partial charge >= 0.3 is 0 Å². The molecular formula is C25H35ClN2O4. The Kier molecular flexibility index (Phi) is 9.63. The van der Waals surface area contributed by atoms with Crippen LogP contribution in [0.3, 0.4) is 0 Å². The molecule has 0 bridgehead atoms. The van der Waals surface area contributed by atoms with E-state index in [2.05, 4.69) is 10.2 Å². The van der Waals surface area contributed by atoms with Gasteiger partial charge in [0.1, 0.15) is 36.9 Å². The van der Waals surface area contributed by atoms with Crippen LogP contribution in [0.15, 0.2) is 42.5 Å². The molecule has 1 aliphatic rings. The number of hydrogen-bond acceptors (Lipinski definition) is 6. The highest BCUT2D eigenvalue weighted by Crippen LogP contribution is 2.21. The highest BCUT2D eigenvalue weighted by molar-refractivity contribution is 6.31. The quantitative estimate of drug-likeness (QED) is 0.476. The molecule has 2 aromatic rings. The van der Waals surface area contributed by atoms with Crippen molar-refractivity contribution < 1.29 is 19.7 Å². The number of benzene rings is 2. The van der Waals surface area contributed by atoms with Crippen LogP contribution in [-0.2, 0) is 0 Å². The number of β-amino-alcohol motifs (C(OH)–C–C–N with tert-alkyl or cyclic N) is 1. The third kappa shape index (κ3) is 8.26. The van der Waals surface area contributed by atoms with Crippen LogP contribution in [0.25, 0.3) is 0 Å². The van der Waals surface area contributed by atoms with Crippen molar-refractivity contribution in [2.45, 2.75) is 44.9 Å². The first-order valence-corrected chi connectivity index (χ1v) is 11.7. The van der Waals surface area contributed by atoms with Crippen LogP contribution in [0, 0.1) is 13.8 Å². The molecule has 0 saturated carbocycles. The Morgan fingerprint density at radius 1 is 0.969 bits per heavy atom. The average molecular weight is 463 g/mol. The fourth-order valence-corrected chi connectivity index (χ4v) is 3.88. The zero-order valence-corrected chi connectivity index (χ0v) is 19.7. The van der Waals surface area contributed by atoms with Crippen molar-refractivity contribution >= 4 is 11.6 Å². The van der Waals surface area contributed by atoms with Crippen molar-refractivity contribution in [2.24, 2.45) is 0 Å². The number of likely N-dealkylation sites (tertiary alicyclic amines) is 1. The summed E-state index contributed by atoms with van der Waals surface area (Å²) in [6.45, 7) is 7.40. The molecule has 0 radical (unpaired) electrons. The number of hydrogen-bond donors (Lipinski definition) is 3. The Labute approximate surface area is 196 Å². The van der Waals surface area contributed by atoms with Gasteiger partial charge in [-0.05, 0) is 75.7 Å². The number of piperidine rings is 1. The van der Waals surface area contributed by atoms with Crippen molar-refractivity contribution in [3.8, 4) is 11.5 Å². The van der Waals surface area contributed by atoms with E-state index in [1.165, 1.54) is 5.56 Å². The fraction of sp³-hybridized carbons (Fsp3) is 0.520. The molecule has 1 fully saturated rings. The van der Waals surface area contributed by atoms with E-state index in [9.17, 15) is 10.2 Å². The number of nitrogens with one attached hydrogen (secondary N) is 1. The Hall–Kier alpha value is -1.83. The highest BCUT2D eigenvalue weighted by atomic mass is 35.5. The van der Waals surface area contributed by atoms with Crippen molar-refractivity contribution in [3.63, 3.8) is 0 Å². The molecule has 1 aliphatic heterocycles. The summed E-state index contributed by atoms with van der Waals surface area (Å²) in [5.41, 5.74) is 2.14. The Bertz CT molecular complexity index is 825. The van der Waals surface area contributed by atoms with Gasteiger partial charge in [0.15, 0.2) is 0 Å². The van der Waals surface area contributed by atoms with E-state index in [1.54, 1.807) is 0 Å². The summed E-state index contributed by atoms with van der Waals surface area (Å²) in [7, 11) is 0. The second-order valence-corrected chi connectivity index (χ2v) is 9.04. The van der Waals surface area contributed by atoms with E-state index < -0.39 is 12.2 Å². The van der Waals surface area contributed by atoms with Crippen molar-refractivity contribution in [2.75, 3.05) is 39.4 Å². The van der Waals surface area contributed by atoms with Crippen LogP contribution in [-0.4, -0.2) is 72.8 Å². The lowest BCUT2D eigenvalue weighted by Crippen LogP contribution is -2.47. The first-order valence-electron chi connectivity index (χ1n) is 11.3. The standard InChI is InChI=1S/C25H35ClN2O4/c1-18-3-5-23(6-4-18)31-16-21(29)14-27-20-9-11-28(12-10-20)15-22(30)17-32-24-7-8-25(26)19(2)13-24/h3-8,13,20-22,27,29-30H,9-12,14-17H2,1-2H3/t21-,22-/m1/s1. The summed E-state index contributed by atoms with van der Waals surface area (Å²) < 4.78 is 11.4. The van der Waals surface area contributed by atoms with Gasteiger partial charge in [-0.2, -0.15) is 0 Å². The summed E-state index contributed by atoms with van der Waals surface area (Å²) in [6.07, 6.45) is 0.867. The van der Waals surface area contributed by atoms with E-state index >= 15 is 0 Å². The number of nitrogens with zero attached hydrogens (tertiary/aromatic N) is 1. The molecule has 7 heteroatoms. The van der Waals surface area contributed by atoms with Gasteiger partial charge in [0.25, 0.3) is 0 Å². The molecule has 0 amide bonds. The molecule has 0 aliphatic carbocycles. The lowest BCUT2D eigenvalue weighted by molar-refractivity contribution is 0.0556. The van der Waals surface area contributed by atoms with E-state index in [4.69, 9.17) is 21.1 Å². The number of aliphatic hydroxyl groups is 2. The van der Waals surface area contributed by atoms with Crippen LogP contribution in [0.2, 0.25) is 5.02 Å². The van der Waals surface area contributed by atoms with Gasteiger partial charge in [-0.3, -0.25) is 0 Å². The number of ether oxygens (including phenoxy) is 2. The molecule has 176 valence electrons. The average Bonchev–Trinajstić information content (AvgIpc) is 2.79. The first kappa shape index (κ1) is 24.8. The number of rotatable bonds is 11. The third-order valence-electron chi connectivity index (χ3n) is 5.73. The second-order valence-electron chi connectivity index (χ2n) is 8.64. The van der Waals surface area contributed by atoms with Crippen molar-refractivity contribution in [3.05, 3.63) is 58.6 Å². The normalized spacial score (nSPS) is 17.2. The summed E-state index contributed by atoms with van der Waals surface area (Å²) >= 11 is 6.03. The molecule has 6 nitrogen and oxygen atoms in total. The van der Waals surface area contributed by atoms with Crippen molar-refractivity contribution in [1.29, 1.82) is 0 Å². The molecule has 2 atom stereocenters. The summed E-state index contributed by atoms with van der Waals surface area (Å²) in [5, 5.41) is 24.7. The lowest BCUT2D eigenvalue weighted by atomic mass is 10.0. The van der Waals surface area contributed by atoms with E-state index in [0.717, 1.165) is 43.0 Å². The molecule has 32 heavy (non-hydrogen) atoms. The van der Waals surface area contributed by atoms with Gasteiger partial charge in [0, 0.05) is 24.2 Å². The molecule has 1 heterocycles. The zero-order chi connectivity index (χ0) is 22.9. The first-order chi connectivity index (χ1) is 15.4.